The number of carbonyl (C=O) groups is 2. The van der Waals surface area contributed by atoms with Crippen LogP contribution in [0, 0.1) is 0 Å². The minimum absolute atomic E-state index is 0. The van der Waals surface area contributed by atoms with E-state index in [4.69, 9.17) is 0 Å². The molecule has 0 saturated carbocycles. The van der Waals surface area contributed by atoms with Gasteiger partial charge in [0.1, 0.15) is 14.8 Å². The number of benzene rings is 1. The number of carbonyl (C=O) groups excluding carboxylic acids is 2. The molecule has 3 rings (SSSR count). The van der Waals surface area contributed by atoms with Crippen LogP contribution in [0.2, 0.25) is 0 Å². The molecule has 1 aliphatic rings. The number of methoxy groups -OCH3 is 1. The summed E-state index contributed by atoms with van der Waals surface area (Å²) >= 11 is 0.664. The van der Waals surface area contributed by atoms with Gasteiger partial charge in [0.15, 0.2) is 9.84 Å². The van der Waals surface area contributed by atoms with Crippen molar-refractivity contribution in [3.8, 4) is 0 Å². The van der Waals surface area contributed by atoms with Crippen LogP contribution in [0.1, 0.15) is 41.2 Å². The molecule has 0 spiro atoms. The SMILES string of the molecule is C.COC(=O)c1cc2c(s1)S(=O)(=O)CC(=O)N2C(C)c1cccc(C(F)(F)F)c1. The molecule has 11 heteroatoms. The highest BCUT2D eigenvalue weighted by molar-refractivity contribution is 7.94. The predicted octanol–water partition coefficient (Wildman–Crippen LogP) is 4.07. The third-order valence-corrected chi connectivity index (χ3v) is 7.59. The van der Waals surface area contributed by atoms with Crippen molar-refractivity contribution >= 4 is 38.7 Å². The number of nitrogens with zero attached hydrogens (tertiary/aromatic N) is 1. The Hall–Kier alpha value is -2.40. The van der Waals surface area contributed by atoms with Crippen LogP contribution in [0.5, 0.6) is 0 Å². The van der Waals surface area contributed by atoms with Gasteiger partial charge in [0.05, 0.1) is 24.4 Å². The van der Waals surface area contributed by atoms with E-state index in [2.05, 4.69) is 4.74 Å². The van der Waals surface area contributed by atoms with Gasteiger partial charge in [-0.3, -0.25) is 4.79 Å². The van der Waals surface area contributed by atoms with Crippen LogP contribution < -0.4 is 4.90 Å². The number of hydrogen-bond acceptors (Lipinski definition) is 6. The Morgan fingerprint density at radius 1 is 1.28 bits per heavy atom. The van der Waals surface area contributed by atoms with Gasteiger partial charge in [0, 0.05) is 0 Å². The molecular formula is C18H18F3NO5S2. The number of alkyl halides is 3. The second kappa shape index (κ2) is 7.79. The standard InChI is InChI=1S/C17H14F3NO5S2.CH4/c1-9(10-4-3-5-11(6-10)17(18,19)20)21-12-7-13(15(23)26-2)27-16(12)28(24,25)8-14(21)22;/h3-7,9H,8H2,1-2H3;1H4. The summed E-state index contributed by atoms with van der Waals surface area (Å²) in [6, 6.07) is 4.78. The lowest BCUT2D eigenvalue weighted by molar-refractivity contribution is -0.137. The molecule has 0 N–H and O–H groups in total. The number of hydrogen-bond donors (Lipinski definition) is 0. The van der Waals surface area contributed by atoms with E-state index in [0.29, 0.717) is 11.3 Å². The molecule has 1 aromatic heterocycles. The molecule has 1 atom stereocenters. The van der Waals surface area contributed by atoms with Crippen molar-refractivity contribution in [1.29, 1.82) is 0 Å². The molecule has 0 aliphatic carbocycles. The average Bonchev–Trinajstić information content (AvgIpc) is 3.06. The first-order valence-electron chi connectivity index (χ1n) is 7.90. The van der Waals surface area contributed by atoms with Crippen molar-refractivity contribution in [2.75, 3.05) is 17.8 Å². The zero-order valence-electron chi connectivity index (χ0n) is 14.6. The Balaban J connectivity index is 0.00000300. The van der Waals surface area contributed by atoms with E-state index in [1.165, 1.54) is 25.1 Å². The molecular weight excluding hydrogens is 431 g/mol. The van der Waals surface area contributed by atoms with Crippen molar-refractivity contribution < 1.29 is 35.9 Å². The molecule has 29 heavy (non-hydrogen) atoms. The molecule has 6 nitrogen and oxygen atoms in total. The van der Waals surface area contributed by atoms with Gasteiger partial charge < -0.3 is 9.64 Å². The van der Waals surface area contributed by atoms with Crippen LogP contribution in [0.15, 0.2) is 34.5 Å². The number of rotatable bonds is 3. The van der Waals surface area contributed by atoms with Crippen molar-refractivity contribution in [1.82, 2.24) is 0 Å². The van der Waals surface area contributed by atoms with Gasteiger partial charge in [0.2, 0.25) is 5.91 Å². The molecule has 0 saturated heterocycles. The van der Waals surface area contributed by atoms with E-state index in [1.54, 1.807) is 0 Å². The van der Waals surface area contributed by atoms with Crippen LogP contribution >= 0.6 is 11.3 Å². The summed E-state index contributed by atoms with van der Waals surface area (Å²) in [5, 5.41) is 0. The van der Waals surface area contributed by atoms with E-state index in [9.17, 15) is 31.2 Å². The van der Waals surface area contributed by atoms with E-state index < -0.39 is 45.2 Å². The van der Waals surface area contributed by atoms with E-state index in [1.807, 2.05) is 0 Å². The lowest BCUT2D eigenvalue weighted by Crippen LogP contribution is -2.41. The number of thiophene rings is 1. The maximum absolute atomic E-state index is 13.0. The van der Waals surface area contributed by atoms with Crippen LogP contribution in [0.25, 0.3) is 0 Å². The molecule has 0 radical (unpaired) electrons. The molecule has 1 unspecified atom stereocenters. The summed E-state index contributed by atoms with van der Waals surface area (Å²) in [7, 11) is -2.82. The van der Waals surface area contributed by atoms with E-state index in [-0.39, 0.29) is 27.8 Å². The Morgan fingerprint density at radius 2 is 1.93 bits per heavy atom. The van der Waals surface area contributed by atoms with E-state index >= 15 is 0 Å². The fourth-order valence-electron chi connectivity index (χ4n) is 2.94. The Bertz CT molecular complexity index is 1060. The Morgan fingerprint density at radius 3 is 2.52 bits per heavy atom. The number of anilines is 1. The molecule has 0 fully saturated rings. The summed E-state index contributed by atoms with van der Waals surface area (Å²) in [6.07, 6.45) is -4.56. The topological polar surface area (TPSA) is 80.8 Å². The maximum atomic E-state index is 13.0. The van der Waals surface area contributed by atoms with Crippen LogP contribution in [0.3, 0.4) is 0 Å². The molecule has 2 heterocycles. The summed E-state index contributed by atoms with van der Waals surface area (Å²) < 4.78 is 68.2. The monoisotopic (exact) mass is 449 g/mol. The van der Waals surface area contributed by atoms with Gasteiger partial charge in [-0.1, -0.05) is 19.6 Å². The lowest BCUT2D eigenvalue weighted by Gasteiger charge is -2.32. The highest BCUT2D eigenvalue weighted by atomic mass is 32.2. The number of amides is 1. The minimum Gasteiger partial charge on any atom is -0.465 e. The summed E-state index contributed by atoms with van der Waals surface area (Å²) in [4.78, 5) is 25.4. The van der Waals surface area contributed by atoms with Gasteiger partial charge in [0.25, 0.3) is 0 Å². The predicted molar refractivity (Wildman–Crippen MR) is 102 cm³/mol. The first-order chi connectivity index (χ1) is 13.0. The average molecular weight is 449 g/mol. The van der Waals surface area contributed by atoms with Gasteiger partial charge in [-0.2, -0.15) is 13.2 Å². The summed E-state index contributed by atoms with van der Waals surface area (Å²) in [5.74, 6) is -2.38. The van der Waals surface area contributed by atoms with Gasteiger partial charge in [-0.25, -0.2) is 13.2 Å². The van der Waals surface area contributed by atoms with Crippen LogP contribution in [-0.4, -0.2) is 33.2 Å². The maximum Gasteiger partial charge on any atom is 0.416 e. The fraction of sp³-hybridized carbons (Fsp3) is 0.333. The molecule has 1 amide bonds. The Labute approximate surface area is 169 Å². The first kappa shape index (κ1) is 22.9. The molecule has 158 valence electrons. The lowest BCUT2D eigenvalue weighted by atomic mass is 10.0. The van der Waals surface area contributed by atoms with E-state index in [0.717, 1.165) is 24.1 Å². The number of sulfone groups is 1. The third kappa shape index (κ3) is 4.15. The van der Waals surface area contributed by atoms with Crippen LogP contribution in [0.4, 0.5) is 18.9 Å². The summed E-state index contributed by atoms with van der Waals surface area (Å²) in [6.45, 7) is 1.49. The molecule has 0 bridgehead atoms. The second-order valence-electron chi connectivity index (χ2n) is 6.10. The van der Waals surface area contributed by atoms with Crippen molar-refractivity contribution in [2.45, 2.75) is 30.8 Å². The molecule has 1 aliphatic heterocycles. The highest BCUT2D eigenvalue weighted by Crippen LogP contribution is 2.43. The largest absolute Gasteiger partial charge is 0.465 e. The Kier molecular flexibility index (Phi) is 6.15. The molecule has 1 aromatic carbocycles. The quantitative estimate of drug-likeness (QED) is 0.660. The van der Waals surface area contributed by atoms with Gasteiger partial charge in [-0.05, 0) is 30.7 Å². The highest BCUT2D eigenvalue weighted by Gasteiger charge is 2.40. The van der Waals surface area contributed by atoms with Crippen molar-refractivity contribution in [2.24, 2.45) is 0 Å². The zero-order valence-corrected chi connectivity index (χ0v) is 16.2. The van der Waals surface area contributed by atoms with Crippen LogP contribution in [-0.2, 0) is 25.5 Å². The van der Waals surface area contributed by atoms with Crippen molar-refractivity contribution in [3.63, 3.8) is 0 Å². The van der Waals surface area contributed by atoms with Gasteiger partial charge in [-0.15, -0.1) is 11.3 Å². The first-order valence-corrected chi connectivity index (χ1v) is 10.4. The number of halogens is 3. The zero-order chi connectivity index (χ0) is 20.9. The fourth-order valence-corrected chi connectivity index (χ4v) is 5.76. The number of esters is 1. The number of fused-ring (bicyclic) bond motifs is 1. The molecule has 2 aromatic rings. The minimum atomic E-state index is -4.56. The van der Waals surface area contributed by atoms with Crippen molar-refractivity contribution in [3.05, 3.63) is 46.3 Å². The normalized spacial score (nSPS) is 16.6. The second-order valence-corrected chi connectivity index (χ2v) is 9.33. The third-order valence-electron chi connectivity index (χ3n) is 4.27. The smallest absolute Gasteiger partial charge is 0.416 e. The van der Waals surface area contributed by atoms with Gasteiger partial charge >= 0.3 is 12.1 Å². The summed E-state index contributed by atoms with van der Waals surface area (Å²) in [5.41, 5.74) is -0.736. The number of ether oxygens (including phenoxy) is 1.